The second-order valence-corrected chi connectivity index (χ2v) is 4.14. The van der Waals surface area contributed by atoms with Gasteiger partial charge in [-0.25, -0.2) is 4.79 Å². The Hall–Kier alpha value is -1.00. The summed E-state index contributed by atoms with van der Waals surface area (Å²) in [6.45, 7) is 0. The predicted octanol–water partition coefficient (Wildman–Crippen LogP) is 1.72. The van der Waals surface area contributed by atoms with Gasteiger partial charge in [-0.2, -0.15) is 0 Å². The number of carboxylic acids is 1. The number of hydrogen-bond acceptors (Lipinski definition) is 3. The first kappa shape index (κ1) is 9.55. The Balaban J connectivity index is 2.55. The van der Waals surface area contributed by atoms with Crippen molar-refractivity contribution in [3.05, 3.63) is 29.8 Å². The number of rotatable bonds is 2. The fraction of sp³-hybridized carbons (Fsp3) is 0.300. The number of fused-ring (bicyclic) bond motifs is 1. The van der Waals surface area contributed by atoms with E-state index in [2.05, 4.69) is 0 Å². The number of methoxy groups -OCH3 is 1. The van der Waals surface area contributed by atoms with E-state index in [-0.39, 0.29) is 0 Å². The maximum atomic E-state index is 11.2. The third-order valence-electron chi connectivity index (χ3n) is 2.45. The molecule has 1 atom stereocenters. The minimum Gasteiger partial charge on any atom is -0.479 e. The van der Waals surface area contributed by atoms with Crippen molar-refractivity contribution in [1.29, 1.82) is 0 Å². The lowest BCUT2D eigenvalue weighted by Gasteiger charge is -2.22. The zero-order valence-corrected chi connectivity index (χ0v) is 8.50. The fourth-order valence-electron chi connectivity index (χ4n) is 1.62. The summed E-state index contributed by atoms with van der Waals surface area (Å²) in [6, 6.07) is 7.47. The van der Waals surface area contributed by atoms with Gasteiger partial charge in [0, 0.05) is 23.3 Å². The van der Waals surface area contributed by atoms with Crippen LogP contribution >= 0.6 is 11.8 Å². The van der Waals surface area contributed by atoms with E-state index in [9.17, 15) is 9.90 Å². The molecule has 0 aromatic heterocycles. The third kappa shape index (κ3) is 1.14. The lowest BCUT2D eigenvalue weighted by molar-refractivity contribution is -0.160. The van der Waals surface area contributed by atoms with Crippen LogP contribution < -0.4 is 0 Å². The molecule has 0 bridgehead atoms. The minimum atomic E-state index is -1.15. The van der Waals surface area contributed by atoms with Crippen LogP contribution in [0, 0.1) is 0 Å². The second kappa shape index (κ2) is 3.29. The molecule has 1 aromatic rings. The van der Waals surface area contributed by atoms with Crippen LogP contribution in [0.25, 0.3) is 0 Å². The predicted molar refractivity (Wildman–Crippen MR) is 53.5 cm³/mol. The minimum absolute atomic E-state index is 0.443. The van der Waals surface area contributed by atoms with Gasteiger partial charge in [0.15, 0.2) is 5.60 Å². The van der Waals surface area contributed by atoms with Gasteiger partial charge in [0.1, 0.15) is 0 Å². The summed E-state index contributed by atoms with van der Waals surface area (Å²) in [7, 11) is 1.44. The summed E-state index contributed by atoms with van der Waals surface area (Å²) in [4.78, 5) is 12.2. The molecule has 0 spiro atoms. The summed E-state index contributed by atoms with van der Waals surface area (Å²) in [5, 5.41) is 9.17. The van der Waals surface area contributed by atoms with Crippen LogP contribution in [-0.4, -0.2) is 23.9 Å². The molecule has 2 rings (SSSR count). The Morgan fingerprint density at radius 3 is 2.93 bits per heavy atom. The van der Waals surface area contributed by atoms with E-state index in [1.165, 1.54) is 18.9 Å². The molecule has 1 N–H and O–H groups in total. The number of thioether (sulfide) groups is 1. The largest absolute Gasteiger partial charge is 0.479 e. The first-order valence-electron chi connectivity index (χ1n) is 4.21. The van der Waals surface area contributed by atoms with Crippen molar-refractivity contribution >= 4 is 17.7 Å². The molecule has 1 unspecified atom stereocenters. The lowest BCUT2D eigenvalue weighted by atomic mass is 9.96. The van der Waals surface area contributed by atoms with Gasteiger partial charge in [-0.1, -0.05) is 18.2 Å². The van der Waals surface area contributed by atoms with Crippen LogP contribution in [0.1, 0.15) is 5.56 Å². The quantitative estimate of drug-likeness (QED) is 0.807. The molecule has 0 amide bonds. The normalized spacial score (nSPS) is 24.6. The molecule has 74 valence electrons. The summed E-state index contributed by atoms with van der Waals surface area (Å²) >= 11 is 1.52. The Bertz CT molecular complexity index is 377. The van der Waals surface area contributed by atoms with Crippen molar-refractivity contribution < 1.29 is 14.6 Å². The van der Waals surface area contributed by atoms with Crippen molar-refractivity contribution in [2.45, 2.75) is 10.5 Å². The van der Waals surface area contributed by atoms with Gasteiger partial charge in [0.2, 0.25) is 0 Å². The van der Waals surface area contributed by atoms with Gasteiger partial charge in [0.25, 0.3) is 0 Å². The standard InChI is InChI=1S/C10H10O3S/c1-13-10(9(11)12)6-14-8-5-3-2-4-7(8)10/h2-5H,6H2,1H3,(H,11,12). The SMILES string of the molecule is COC1(C(=O)O)CSc2ccccc21. The molecule has 0 radical (unpaired) electrons. The van der Waals surface area contributed by atoms with Gasteiger partial charge in [0.05, 0.1) is 0 Å². The Morgan fingerprint density at radius 1 is 1.57 bits per heavy atom. The molecule has 1 aromatic carbocycles. The molecule has 1 aliphatic heterocycles. The van der Waals surface area contributed by atoms with Crippen LogP contribution in [0.2, 0.25) is 0 Å². The van der Waals surface area contributed by atoms with Gasteiger partial charge in [-0.15, -0.1) is 11.8 Å². The zero-order valence-electron chi connectivity index (χ0n) is 7.69. The molecular weight excluding hydrogens is 200 g/mol. The summed E-state index contributed by atoms with van der Waals surface area (Å²) in [5.41, 5.74) is -0.388. The number of benzene rings is 1. The average molecular weight is 210 g/mol. The Morgan fingerprint density at radius 2 is 2.29 bits per heavy atom. The van der Waals surface area contributed by atoms with E-state index in [0.717, 1.165) is 10.5 Å². The number of carbonyl (C=O) groups is 1. The summed E-state index contributed by atoms with van der Waals surface area (Å²) in [5.74, 6) is -0.476. The Labute approximate surface area is 86.1 Å². The maximum absolute atomic E-state index is 11.2. The highest BCUT2D eigenvalue weighted by atomic mass is 32.2. The topological polar surface area (TPSA) is 46.5 Å². The van der Waals surface area contributed by atoms with Crippen LogP contribution in [0.5, 0.6) is 0 Å². The van der Waals surface area contributed by atoms with E-state index in [1.54, 1.807) is 0 Å². The van der Waals surface area contributed by atoms with Gasteiger partial charge in [-0.3, -0.25) is 0 Å². The van der Waals surface area contributed by atoms with Crippen molar-refractivity contribution in [2.75, 3.05) is 12.9 Å². The highest BCUT2D eigenvalue weighted by molar-refractivity contribution is 7.99. The number of carboxylic acid groups (broad SMARTS) is 1. The molecule has 14 heavy (non-hydrogen) atoms. The van der Waals surface area contributed by atoms with E-state index in [1.807, 2.05) is 24.3 Å². The molecule has 0 fully saturated rings. The molecule has 0 aliphatic carbocycles. The first-order valence-corrected chi connectivity index (χ1v) is 5.20. The monoisotopic (exact) mass is 210 g/mol. The highest BCUT2D eigenvalue weighted by Crippen LogP contribution is 2.44. The van der Waals surface area contributed by atoms with E-state index in [0.29, 0.717) is 5.75 Å². The summed E-state index contributed by atoms with van der Waals surface area (Å²) < 4.78 is 5.17. The van der Waals surface area contributed by atoms with Crippen molar-refractivity contribution in [3.63, 3.8) is 0 Å². The van der Waals surface area contributed by atoms with Crippen molar-refractivity contribution in [2.24, 2.45) is 0 Å². The number of aliphatic carboxylic acids is 1. The molecule has 0 saturated carbocycles. The van der Waals surface area contributed by atoms with Crippen LogP contribution in [0.15, 0.2) is 29.2 Å². The van der Waals surface area contributed by atoms with Crippen molar-refractivity contribution in [1.82, 2.24) is 0 Å². The molecule has 4 heteroatoms. The van der Waals surface area contributed by atoms with Gasteiger partial charge in [-0.05, 0) is 6.07 Å². The van der Waals surface area contributed by atoms with Crippen molar-refractivity contribution in [3.8, 4) is 0 Å². The lowest BCUT2D eigenvalue weighted by Crippen LogP contribution is -2.37. The summed E-state index contributed by atoms with van der Waals surface area (Å²) in [6.07, 6.45) is 0. The van der Waals surface area contributed by atoms with E-state index < -0.39 is 11.6 Å². The third-order valence-corrected chi connectivity index (χ3v) is 3.66. The van der Waals surface area contributed by atoms with Crippen LogP contribution in [0.4, 0.5) is 0 Å². The van der Waals surface area contributed by atoms with Crippen LogP contribution in [-0.2, 0) is 15.1 Å². The molecule has 1 heterocycles. The van der Waals surface area contributed by atoms with Gasteiger partial charge >= 0.3 is 5.97 Å². The number of hydrogen-bond donors (Lipinski definition) is 1. The second-order valence-electron chi connectivity index (χ2n) is 3.12. The average Bonchev–Trinajstić information content (AvgIpc) is 2.57. The molecular formula is C10H10O3S. The smallest absolute Gasteiger partial charge is 0.341 e. The fourth-order valence-corrected chi connectivity index (χ4v) is 2.94. The molecule has 3 nitrogen and oxygen atoms in total. The zero-order chi connectivity index (χ0) is 10.2. The first-order chi connectivity index (χ1) is 6.70. The highest BCUT2D eigenvalue weighted by Gasteiger charge is 2.46. The molecule has 1 aliphatic rings. The van der Waals surface area contributed by atoms with Crippen LogP contribution in [0.3, 0.4) is 0 Å². The number of ether oxygens (including phenoxy) is 1. The van der Waals surface area contributed by atoms with E-state index in [4.69, 9.17) is 4.74 Å². The van der Waals surface area contributed by atoms with E-state index >= 15 is 0 Å². The maximum Gasteiger partial charge on any atom is 0.341 e. The molecule has 0 saturated heterocycles. The van der Waals surface area contributed by atoms with Gasteiger partial charge < -0.3 is 9.84 Å². The Kier molecular flexibility index (Phi) is 2.25.